The molecule has 24 heavy (non-hydrogen) atoms. The van der Waals surface area contributed by atoms with E-state index in [0.29, 0.717) is 29.7 Å². The molecular formula is C19H24N2O2S. The normalized spacial score (nSPS) is 15.2. The van der Waals surface area contributed by atoms with E-state index in [1.165, 1.54) is 32.1 Å². The number of carbonyl (C=O) groups excluding carboxylic acids is 1. The van der Waals surface area contributed by atoms with E-state index >= 15 is 0 Å². The molecule has 0 bridgehead atoms. The number of hydrogen-bond acceptors (Lipinski definition) is 4. The lowest BCUT2D eigenvalue weighted by Gasteiger charge is -2.22. The summed E-state index contributed by atoms with van der Waals surface area (Å²) in [6, 6.07) is 5.63. The van der Waals surface area contributed by atoms with Gasteiger partial charge >= 0.3 is 0 Å². The minimum absolute atomic E-state index is 0.127. The van der Waals surface area contributed by atoms with Crippen molar-refractivity contribution >= 4 is 23.1 Å². The molecule has 1 aliphatic carbocycles. The Balaban J connectivity index is 1.67. The van der Waals surface area contributed by atoms with Gasteiger partial charge in [0.05, 0.1) is 12.2 Å². The number of rotatable bonds is 5. The molecule has 5 heteroatoms. The number of anilines is 1. The molecule has 1 aliphatic rings. The number of hydrogen-bond donors (Lipinski definition) is 1. The summed E-state index contributed by atoms with van der Waals surface area (Å²) in [5, 5.41) is 2.90. The molecule has 0 atom stereocenters. The molecule has 1 N–H and O–H groups in total. The Morgan fingerprint density at radius 1 is 1.33 bits per heavy atom. The fourth-order valence-electron chi connectivity index (χ4n) is 3.19. The molecule has 0 radical (unpaired) electrons. The van der Waals surface area contributed by atoms with Crippen LogP contribution in [-0.2, 0) is 0 Å². The summed E-state index contributed by atoms with van der Waals surface area (Å²) in [7, 11) is 0. The second-order valence-electron chi connectivity index (χ2n) is 6.45. The molecule has 1 saturated carbocycles. The Hall–Kier alpha value is -1.88. The highest BCUT2D eigenvalue weighted by Crippen LogP contribution is 2.28. The van der Waals surface area contributed by atoms with Gasteiger partial charge in [-0.1, -0.05) is 19.3 Å². The van der Waals surface area contributed by atoms with Gasteiger partial charge in [-0.15, -0.1) is 11.3 Å². The number of pyridine rings is 1. The molecule has 0 saturated heterocycles. The maximum Gasteiger partial charge on any atom is 0.258 e. The minimum atomic E-state index is -0.127. The standard InChI is InChI=1S/C19H24N2O2S/c1-13-11-16(14(2)24-13)19(22)21-18-17(9-6-10-20-18)23-12-15-7-4-3-5-8-15/h6,9-11,15H,3-5,7-8,12H2,1-2H3,(H,20,21,22). The first-order valence-corrected chi connectivity index (χ1v) is 9.41. The van der Waals surface area contributed by atoms with Crippen LogP contribution in [0.15, 0.2) is 24.4 Å². The van der Waals surface area contributed by atoms with Crippen LogP contribution in [0.3, 0.4) is 0 Å². The molecule has 0 aliphatic heterocycles. The predicted molar refractivity (Wildman–Crippen MR) is 98.1 cm³/mol. The topological polar surface area (TPSA) is 51.2 Å². The van der Waals surface area contributed by atoms with Gasteiger partial charge in [-0.25, -0.2) is 4.98 Å². The van der Waals surface area contributed by atoms with Crippen LogP contribution in [0, 0.1) is 19.8 Å². The SMILES string of the molecule is Cc1cc(C(=O)Nc2ncccc2OCC2CCCCC2)c(C)s1. The van der Waals surface area contributed by atoms with Gasteiger partial charge in [0.25, 0.3) is 5.91 Å². The lowest BCUT2D eigenvalue weighted by molar-refractivity contribution is 0.102. The van der Waals surface area contributed by atoms with Gasteiger partial charge in [0.15, 0.2) is 11.6 Å². The molecule has 2 aromatic heterocycles. The van der Waals surface area contributed by atoms with Crippen molar-refractivity contribution in [2.75, 3.05) is 11.9 Å². The minimum Gasteiger partial charge on any atom is -0.489 e. The molecule has 2 heterocycles. The third-order valence-corrected chi connectivity index (χ3v) is 5.45. The van der Waals surface area contributed by atoms with Crippen molar-refractivity contribution in [3.05, 3.63) is 39.7 Å². The highest BCUT2D eigenvalue weighted by Gasteiger charge is 2.17. The van der Waals surface area contributed by atoms with E-state index in [1.807, 2.05) is 32.0 Å². The van der Waals surface area contributed by atoms with Crippen molar-refractivity contribution in [3.63, 3.8) is 0 Å². The lowest BCUT2D eigenvalue weighted by atomic mass is 9.90. The summed E-state index contributed by atoms with van der Waals surface area (Å²) >= 11 is 1.63. The fraction of sp³-hybridized carbons (Fsp3) is 0.474. The van der Waals surface area contributed by atoms with Crippen LogP contribution in [0.5, 0.6) is 5.75 Å². The second-order valence-corrected chi connectivity index (χ2v) is 7.91. The zero-order valence-corrected chi connectivity index (χ0v) is 15.1. The van der Waals surface area contributed by atoms with E-state index in [2.05, 4.69) is 10.3 Å². The Morgan fingerprint density at radius 2 is 2.12 bits per heavy atom. The zero-order chi connectivity index (χ0) is 16.9. The average Bonchev–Trinajstić information content (AvgIpc) is 2.93. The monoisotopic (exact) mass is 344 g/mol. The van der Waals surface area contributed by atoms with Crippen LogP contribution in [0.1, 0.15) is 52.2 Å². The van der Waals surface area contributed by atoms with Gasteiger partial charge in [0.1, 0.15) is 0 Å². The Labute approximate surface area is 147 Å². The lowest BCUT2D eigenvalue weighted by Crippen LogP contribution is -2.17. The fourth-order valence-corrected chi connectivity index (χ4v) is 4.11. The van der Waals surface area contributed by atoms with Gasteiger partial charge < -0.3 is 10.1 Å². The maximum absolute atomic E-state index is 12.5. The first-order valence-electron chi connectivity index (χ1n) is 8.59. The number of aryl methyl sites for hydroxylation is 2. The quantitative estimate of drug-likeness (QED) is 0.833. The van der Waals surface area contributed by atoms with Gasteiger partial charge in [0.2, 0.25) is 0 Å². The average molecular weight is 344 g/mol. The van der Waals surface area contributed by atoms with Crippen molar-refractivity contribution < 1.29 is 9.53 Å². The van der Waals surface area contributed by atoms with E-state index in [4.69, 9.17) is 4.74 Å². The summed E-state index contributed by atoms with van der Waals surface area (Å²) in [6.07, 6.45) is 8.06. The van der Waals surface area contributed by atoms with Gasteiger partial charge in [0, 0.05) is 16.0 Å². The summed E-state index contributed by atoms with van der Waals surface area (Å²) in [5.41, 5.74) is 0.710. The number of amides is 1. The van der Waals surface area contributed by atoms with E-state index < -0.39 is 0 Å². The van der Waals surface area contributed by atoms with E-state index in [0.717, 1.165) is 9.75 Å². The predicted octanol–water partition coefficient (Wildman–Crippen LogP) is 4.97. The zero-order valence-electron chi connectivity index (χ0n) is 14.3. The van der Waals surface area contributed by atoms with Crippen LogP contribution in [0.4, 0.5) is 5.82 Å². The van der Waals surface area contributed by atoms with Crippen molar-refractivity contribution in [1.29, 1.82) is 0 Å². The first-order chi connectivity index (χ1) is 11.6. The van der Waals surface area contributed by atoms with E-state index in [-0.39, 0.29) is 5.91 Å². The molecule has 3 rings (SSSR count). The largest absolute Gasteiger partial charge is 0.489 e. The van der Waals surface area contributed by atoms with Crippen molar-refractivity contribution in [2.45, 2.75) is 46.0 Å². The number of nitrogens with one attached hydrogen (secondary N) is 1. The third kappa shape index (κ3) is 4.15. The third-order valence-electron chi connectivity index (χ3n) is 4.49. The van der Waals surface area contributed by atoms with E-state index in [9.17, 15) is 4.79 Å². The van der Waals surface area contributed by atoms with Crippen LogP contribution in [0.2, 0.25) is 0 Å². The number of ether oxygens (including phenoxy) is 1. The molecule has 1 amide bonds. The molecule has 1 fully saturated rings. The number of thiophene rings is 1. The van der Waals surface area contributed by atoms with Gasteiger partial charge in [-0.05, 0) is 50.8 Å². The van der Waals surface area contributed by atoms with E-state index in [1.54, 1.807) is 17.5 Å². The maximum atomic E-state index is 12.5. The Kier molecular flexibility index (Phi) is 5.51. The Bertz CT molecular complexity index is 705. The van der Waals surface area contributed by atoms with Crippen LogP contribution >= 0.6 is 11.3 Å². The van der Waals surface area contributed by atoms with Crippen LogP contribution in [0.25, 0.3) is 0 Å². The van der Waals surface area contributed by atoms with Crippen molar-refractivity contribution in [1.82, 2.24) is 4.98 Å². The number of aromatic nitrogens is 1. The second kappa shape index (κ2) is 7.79. The smallest absolute Gasteiger partial charge is 0.258 e. The van der Waals surface area contributed by atoms with Crippen LogP contribution in [-0.4, -0.2) is 17.5 Å². The van der Waals surface area contributed by atoms with Crippen molar-refractivity contribution in [2.24, 2.45) is 5.92 Å². The molecular weight excluding hydrogens is 320 g/mol. The highest BCUT2D eigenvalue weighted by atomic mass is 32.1. The number of carbonyl (C=O) groups is 1. The first kappa shape index (κ1) is 17.0. The summed E-state index contributed by atoms with van der Waals surface area (Å²) in [6.45, 7) is 4.67. The Morgan fingerprint density at radius 3 is 2.83 bits per heavy atom. The molecule has 4 nitrogen and oxygen atoms in total. The van der Waals surface area contributed by atoms with Crippen LogP contribution < -0.4 is 10.1 Å². The molecule has 0 aromatic carbocycles. The summed E-state index contributed by atoms with van der Waals surface area (Å²) in [5.74, 6) is 1.64. The molecule has 0 spiro atoms. The molecule has 2 aromatic rings. The van der Waals surface area contributed by atoms with Gasteiger partial charge in [-0.2, -0.15) is 0 Å². The molecule has 128 valence electrons. The summed E-state index contributed by atoms with van der Waals surface area (Å²) in [4.78, 5) is 18.9. The summed E-state index contributed by atoms with van der Waals surface area (Å²) < 4.78 is 5.97. The molecule has 0 unspecified atom stereocenters. The van der Waals surface area contributed by atoms with Gasteiger partial charge in [-0.3, -0.25) is 4.79 Å². The van der Waals surface area contributed by atoms with Crippen molar-refractivity contribution in [3.8, 4) is 5.75 Å². The number of nitrogens with zero attached hydrogens (tertiary/aromatic N) is 1. The highest BCUT2D eigenvalue weighted by molar-refractivity contribution is 7.12.